The fourth-order valence-corrected chi connectivity index (χ4v) is 2.05. The number of nitrogens with zero attached hydrogens (tertiary/aromatic N) is 2. The molecule has 1 fully saturated rings. The highest BCUT2D eigenvalue weighted by Crippen LogP contribution is 2.27. The smallest absolute Gasteiger partial charge is 0.0344 e. The molecule has 0 saturated carbocycles. The van der Waals surface area contributed by atoms with Crippen LogP contribution in [0.3, 0.4) is 0 Å². The van der Waals surface area contributed by atoms with Crippen molar-refractivity contribution >= 4 is 0 Å². The van der Waals surface area contributed by atoms with Crippen molar-refractivity contribution in [1.82, 2.24) is 9.80 Å². The predicted molar refractivity (Wildman–Crippen MR) is 58.0 cm³/mol. The first-order valence-corrected chi connectivity index (χ1v) is 5.39. The molecule has 0 amide bonds. The molecule has 1 heterocycles. The van der Waals surface area contributed by atoms with Crippen molar-refractivity contribution in [3.63, 3.8) is 0 Å². The number of rotatable bonds is 4. The zero-order valence-electron chi connectivity index (χ0n) is 9.80. The summed E-state index contributed by atoms with van der Waals surface area (Å²) in [6.45, 7) is 9.50. The maximum Gasteiger partial charge on any atom is 0.0344 e. The highest BCUT2D eigenvalue weighted by Gasteiger charge is 2.37. The lowest BCUT2D eigenvalue weighted by molar-refractivity contribution is -0.0167. The van der Waals surface area contributed by atoms with Gasteiger partial charge in [0.2, 0.25) is 0 Å². The third-order valence-corrected chi connectivity index (χ3v) is 3.31. The predicted octanol–water partition coefficient (Wildman–Crippen LogP) is 1.81. The number of hydrogen-bond acceptors (Lipinski definition) is 2. The largest absolute Gasteiger partial charge is 0.304 e. The van der Waals surface area contributed by atoms with Crippen LogP contribution >= 0.6 is 0 Å². The van der Waals surface area contributed by atoms with Gasteiger partial charge in [0.15, 0.2) is 0 Å². The van der Waals surface area contributed by atoms with Crippen molar-refractivity contribution in [3.8, 4) is 0 Å². The molecule has 0 aliphatic carbocycles. The number of likely N-dealkylation sites (N-methyl/N-ethyl adjacent to an activating group) is 1. The van der Waals surface area contributed by atoms with E-state index in [9.17, 15) is 0 Å². The van der Waals surface area contributed by atoms with Crippen LogP contribution in [0.4, 0.5) is 0 Å². The molecule has 0 aromatic carbocycles. The summed E-state index contributed by atoms with van der Waals surface area (Å²) >= 11 is 0. The summed E-state index contributed by atoms with van der Waals surface area (Å²) in [6, 6.07) is 0.788. The standard InChI is InChI=1S/C11H24N2/c1-6-7-11(2,3)13-8-10(9-13)12(4)5/h10H,6-9H2,1-5H3. The van der Waals surface area contributed by atoms with E-state index >= 15 is 0 Å². The Balaban J connectivity index is 2.33. The van der Waals surface area contributed by atoms with Crippen molar-refractivity contribution in [2.75, 3.05) is 27.2 Å². The molecule has 0 aromatic heterocycles. The summed E-state index contributed by atoms with van der Waals surface area (Å²) in [5, 5.41) is 0. The Hall–Kier alpha value is -0.0800. The van der Waals surface area contributed by atoms with Crippen LogP contribution in [0.5, 0.6) is 0 Å². The second kappa shape index (κ2) is 3.97. The van der Waals surface area contributed by atoms with Gasteiger partial charge in [0.25, 0.3) is 0 Å². The molecule has 0 spiro atoms. The van der Waals surface area contributed by atoms with Gasteiger partial charge in [-0.3, -0.25) is 4.90 Å². The zero-order chi connectivity index (χ0) is 10.1. The summed E-state index contributed by atoms with van der Waals surface area (Å²) in [6.07, 6.45) is 2.60. The minimum Gasteiger partial charge on any atom is -0.304 e. The fraction of sp³-hybridized carbons (Fsp3) is 1.00. The molecule has 0 aromatic rings. The van der Waals surface area contributed by atoms with Crippen molar-refractivity contribution in [2.45, 2.75) is 45.2 Å². The monoisotopic (exact) mass is 184 g/mol. The molecule has 1 aliphatic heterocycles. The van der Waals surface area contributed by atoms with E-state index in [2.05, 4.69) is 44.7 Å². The second-order valence-electron chi connectivity index (χ2n) is 5.08. The van der Waals surface area contributed by atoms with Gasteiger partial charge in [-0.2, -0.15) is 0 Å². The average molecular weight is 184 g/mol. The molecule has 2 heteroatoms. The first-order valence-electron chi connectivity index (χ1n) is 5.39. The maximum absolute atomic E-state index is 2.60. The third-order valence-electron chi connectivity index (χ3n) is 3.31. The quantitative estimate of drug-likeness (QED) is 0.657. The van der Waals surface area contributed by atoms with E-state index in [1.807, 2.05) is 0 Å². The second-order valence-corrected chi connectivity index (χ2v) is 5.08. The molecular formula is C11H24N2. The molecule has 1 aliphatic rings. The molecule has 78 valence electrons. The fourth-order valence-electron chi connectivity index (χ4n) is 2.05. The van der Waals surface area contributed by atoms with Crippen LogP contribution in [-0.2, 0) is 0 Å². The molecule has 0 unspecified atom stereocenters. The summed E-state index contributed by atoms with van der Waals surface area (Å²) < 4.78 is 0. The van der Waals surface area contributed by atoms with Crippen molar-refractivity contribution in [1.29, 1.82) is 0 Å². The van der Waals surface area contributed by atoms with Crippen molar-refractivity contribution < 1.29 is 0 Å². The summed E-state index contributed by atoms with van der Waals surface area (Å²) in [5.74, 6) is 0. The Labute approximate surface area is 82.9 Å². The van der Waals surface area contributed by atoms with Gasteiger partial charge < -0.3 is 4.90 Å². The molecule has 2 nitrogen and oxygen atoms in total. The van der Waals surface area contributed by atoms with Gasteiger partial charge >= 0.3 is 0 Å². The Kier molecular flexibility index (Phi) is 3.36. The van der Waals surface area contributed by atoms with E-state index in [4.69, 9.17) is 0 Å². The van der Waals surface area contributed by atoms with Crippen molar-refractivity contribution in [2.24, 2.45) is 0 Å². The Morgan fingerprint density at radius 1 is 1.31 bits per heavy atom. The highest BCUT2D eigenvalue weighted by atomic mass is 15.3. The molecule has 0 radical (unpaired) electrons. The highest BCUT2D eigenvalue weighted by molar-refractivity contribution is 4.94. The van der Waals surface area contributed by atoms with Crippen LogP contribution in [-0.4, -0.2) is 48.6 Å². The van der Waals surface area contributed by atoms with Gasteiger partial charge in [0.05, 0.1) is 0 Å². The van der Waals surface area contributed by atoms with Crippen LogP contribution in [0.1, 0.15) is 33.6 Å². The maximum atomic E-state index is 2.60. The summed E-state index contributed by atoms with van der Waals surface area (Å²) in [7, 11) is 4.35. The van der Waals surface area contributed by atoms with Crippen LogP contribution in [0.2, 0.25) is 0 Å². The van der Waals surface area contributed by atoms with Gasteiger partial charge in [-0.1, -0.05) is 13.3 Å². The first-order chi connectivity index (χ1) is 5.97. The molecule has 0 N–H and O–H groups in total. The van der Waals surface area contributed by atoms with Gasteiger partial charge in [-0.25, -0.2) is 0 Å². The van der Waals surface area contributed by atoms with Crippen LogP contribution in [0.15, 0.2) is 0 Å². The Morgan fingerprint density at radius 2 is 1.85 bits per heavy atom. The molecule has 0 atom stereocenters. The van der Waals surface area contributed by atoms with E-state index in [1.165, 1.54) is 25.9 Å². The lowest BCUT2D eigenvalue weighted by Crippen LogP contribution is -2.63. The van der Waals surface area contributed by atoms with Gasteiger partial charge in [0, 0.05) is 24.7 Å². The molecule has 1 rings (SSSR count). The third kappa shape index (κ3) is 2.44. The number of likely N-dealkylation sites (tertiary alicyclic amines) is 1. The van der Waals surface area contributed by atoms with E-state index in [0.717, 1.165) is 6.04 Å². The number of hydrogen-bond donors (Lipinski definition) is 0. The Bertz CT molecular complexity index is 157. The molecule has 13 heavy (non-hydrogen) atoms. The molecule has 1 saturated heterocycles. The SMILES string of the molecule is CCCC(C)(C)N1CC(N(C)C)C1. The van der Waals surface area contributed by atoms with E-state index < -0.39 is 0 Å². The molecular weight excluding hydrogens is 160 g/mol. The van der Waals surface area contributed by atoms with E-state index in [0.29, 0.717) is 5.54 Å². The van der Waals surface area contributed by atoms with Crippen LogP contribution < -0.4 is 0 Å². The van der Waals surface area contributed by atoms with Gasteiger partial charge in [-0.05, 0) is 34.4 Å². The summed E-state index contributed by atoms with van der Waals surface area (Å²) in [4.78, 5) is 4.93. The van der Waals surface area contributed by atoms with Crippen LogP contribution in [0.25, 0.3) is 0 Å². The van der Waals surface area contributed by atoms with E-state index in [-0.39, 0.29) is 0 Å². The summed E-state index contributed by atoms with van der Waals surface area (Å²) in [5.41, 5.74) is 0.418. The Morgan fingerprint density at radius 3 is 2.23 bits per heavy atom. The lowest BCUT2D eigenvalue weighted by Gasteiger charge is -2.51. The van der Waals surface area contributed by atoms with Gasteiger partial charge in [0.1, 0.15) is 0 Å². The normalized spacial score (nSPS) is 20.8. The topological polar surface area (TPSA) is 6.48 Å². The van der Waals surface area contributed by atoms with E-state index in [1.54, 1.807) is 0 Å². The van der Waals surface area contributed by atoms with Crippen LogP contribution in [0, 0.1) is 0 Å². The molecule has 0 bridgehead atoms. The average Bonchev–Trinajstić information content (AvgIpc) is 1.79. The zero-order valence-corrected chi connectivity index (χ0v) is 9.80. The lowest BCUT2D eigenvalue weighted by atomic mass is 9.91. The minimum atomic E-state index is 0.418. The minimum absolute atomic E-state index is 0.418. The van der Waals surface area contributed by atoms with Gasteiger partial charge in [-0.15, -0.1) is 0 Å². The van der Waals surface area contributed by atoms with Crippen molar-refractivity contribution in [3.05, 3.63) is 0 Å². The first kappa shape index (κ1) is 11.0.